The third-order valence-corrected chi connectivity index (χ3v) is 25.8. The number of anilines is 19. The van der Waals surface area contributed by atoms with Gasteiger partial charge in [0.25, 0.3) is 5.91 Å². The molecule has 4 aromatic heterocycles. The van der Waals surface area contributed by atoms with Gasteiger partial charge in [-0.05, 0) is 180 Å². The number of nitrogens with zero attached hydrogens (tertiary/aromatic N) is 17. The Kier molecular flexibility index (Phi) is 31.0. The van der Waals surface area contributed by atoms with Crippen molar-refractivity contribution in [2.45, 2.75) is 202 Å². The number of fused-ring (bicyclic) bond motifs is 4. The Labute approximate surface area is 781 Å². The standard InChI is InChI=1S/C25H34N6O3.C24H29F3N6O2.C24H32N6O3.C24H32N6O2/c1-25(2)16-31(19-10-5-6-11-19)21-20(30(3)23(25)33)15-27-24(29-21)28-18-9-7-8-17(14-18)22(32)26-12-13-34-4;1-23(2)14-33(17-9-4-5-10-17)20-18(32(3)21(23)35)13-28-22(31-20)30-16-8-6-7-15(11-16)29-19(34)12-24(25,26)27;1-24(2)15-30(18-10-5-6-11-18)21-19(29(3)22(24)32)13-25-23(28-21)27-17-9-7-8-16(12-17)26-20(31)14-33-4;1-16(31)28(4)19-12-8-9-17(13-19)26-23-25-14-20-21(27-23)30(18-10-6-7-11-18)15-24(2,3)22(32)29(20)5/h7-9,14-15,19H,5-6,10-13,16H2,1-4H3,(H,26,32)(H,27,28,29);6-8,11,13,17H,4-5,9-10,12,14H2,1-3H3,(H,29,34)(H,28,30,31);7-9,12-13,18H,5-6,10-11,14-15H2,1-4H3,(H,26,31)(H,25,27,28);8-9,12-14,18H,6-7,10-11,15H2,1-5H3,(H,25,26,27). The van der Waals surface area contributed by atoms with E-state index < -0.39 is 40.2 Å². The zero-order valence-electron chi connectivity index (χ0n) is 79.6. The first-order valence-electron chi connectivity index (χ1n) is 46.0. The van der Waals surface area contributed by atoms with Crippen molar-refractivity contribution < 1.29 is 61.0 Å². The maximum absolute atomic E-state index is 13.1. The average molecular weight is 1850 g/mol. The molecular weight excluding hydrogens is 1720 g/mol. The predicted molar refractivity (Wildman–Crippen MR) is 517 cm³/mol. The highest BCUT2D eigenvalue weighted by molar-refractivity contribution is 6.04. The first kappa shape index (κ1) is 98.6. The fraction of sp³-hybridized carbons (Fsp3) is 0.505. The summed E-state index contributed by atoms with van der Waals surface area (Å²) in [7, 11) is 11.9. The van der Waals surface area contributed by atoms with Gasteiger partial charge >= 0.3 is 6.18 Å². The number of alkyl halides is 3. The van der Waals surface area contributed by atoms with Crippen LogP contribution < -0.4 is 81.3 Å². The summed E-state index contributed by atoms with van der Waals surface area (Å²) in [6.07, 6.45) is 18.7. The third kappa shape index (κ3) is 23.8. The smallest absolute Gasteiger partial charge is 0.383 e. The maximum Gasteiger partial charge on any atom is 0.397 e. The zero-order chi connectivity index (χ0) is 96.3. The predicted octanol–water partition coefficient (Wildman–Crippen LogP) is 15.7. The van der Waals surface area contributed by atoms with Crippen molar-refractivity contribution in [1.82, 2.24) is 45.2 Å². The minimum atomic E-state index is -4.58. The largest absolute Gasteiger partial charge is 0.397 e. The molecule has 0 spiro atoms. The quantitative estimate of drug-likeness (QED) is 0.0310. The molecule has 4 fully saturated rings. The molecule has 4 aliphatic carbocycles. The van der Waals surface area contributed by atoms with E-state index in [-0.39, 0.29) is 65.6 Å². The summed E-state index contributed by atoms with van der Waals surface area (Å²) >= 11 is 0. The van der Waals surface area contributed by atoms with Gasteiger partial charge in [-0.3, -0.25) is 38.4 Å². The molecule has 8 aliphatic rings. The molecule has 716 valence electrons. The van der Waals surface area contributed by atoms with Gasteiger partial charge in [0.05, 0.1) is 53.1 Å². The second kappa shape index (κ2) is 42.1. The van der Waals surface area contributed by atoms with Crippen LogP contribution in [0.3, 0.4) is 0 Å². The highest BCUT2D eigenvalue weighted by atomic mass is 19.4. The normalized spacial score (nSPS) is 18.2. The van der Waals surface area contributed by atoms with Crippen LogP contribution in [0.25, 0.3) is 0 Å². The Morgan fingerprint density at radius 2 is 0.724 bits per heavy atom. The molecule has 134 heavy (non-hydrogen) atoms. The minimum absolute atomic E-state index is 0.00847. The summed E-state index contributed by atoms with van der Waals surface area (Å²) in [4.78, 5) is 155. The van der Waals surface area contributed by atoms with Crippen molar-refractivity contribution in [3.63, 3.8) is 0 Å². The Bertz CT molecular complexity index is 5580. The molecule has 8 aromatic rings. The molecule has 4 aliphatic heterocycles. The Morgan fingerprint density at radius 3 is 1.04 bits per heavy atom. The SMILES string of the molecule is CC(=O)N(C)c1cccc(Nc2ncc3c(n2)N(C2CCCC2)CC(C)(C)C(=O)N3C)c1.CN1C(=O)C(C)(C)CN(C2CCCC2)c2nc(Nc3cccc(NC(=O)CC(F)(F)F)c3)ncc21.COCC(=O)Nc1cccc(Nc2ncc3c(n2)N(C2CCCC2)CC(C)(C)C(=O)N3C)c1.COCCNC(=O)c1cccc(Nc2ncc3c(n2)N(C2CCCC2)CC(C)(C)C(=O)N3C)c1. The second-order valence-corrected chi connectivity index (χ2v) is 38.3. The van der Waals surface area contributed by atoms with Crippen molar-refractivity contribution in [3.05, 3.63) is 127 Å². The van der Waals surface area contributed by atoms with E-state index >= 15 is 0 Å². The Balaban J connectivity index is 0.000000152. The van der Waals surface area contributed by atoms with E-state index in [1.54, 1.807) is 122 Å². The molecule has 8 amide bonds. The van der Waals surface area contributed by atoms with Crippen molar-refractivity contribution in [2.75, 3.05) is 171 Å². The number of carbonyl (C=O) groups is 8. The van der Waals surface area contributed by atoms with Crippen LogP contribution in [0.1, 0.15) is 182 Å². The molecule has 0 unspecified atom stereocenters. The second-order valence-electron chi connectivity index (χ2n) is 38.3. The molecule has 0 bridgehead atoms. The lowest BCUT2D eigenvalue weighted by atomic mass is 9.91. The number of nitrogens with one attached hydrogen (secondary N) is 7. The van der Waals surface area contributed by atoms with Crippen molar-refractivity contribution in [3.8, 4) is 0 Å². The summed E-state index contributed by atoms with van der Waals surface area (Å²) in [5.41, 5.74) is 5.59. The lowest BCUT2D eigenvalue weighted by molar-refractivity contribution is -0.150. The van der Waals surface area contributed by atoms with Crippen LogP contribution in [-0.4, -0.2) is 213 Å². The summed E-state index contributed by atoms with van der Waals surface area (Å²) in [6, 6.07) is 29.8. The topological polar surface area (TPSA) is 372 Å². The molecule has 16 rings (SSSR count). The highest BCUT2D eigenvalue weighted by Gasteiger charge is 2.47. The van der Waals surface area contributed by atoms with Gasteiger partial charge in [-0.2, -0.15) is 33.1 Å². The van der Waals surface area contributed by atoms with E-state index in [0.717, 1.165) is 116 Å². The van der Waals surface area contributed by atoms with E-state index in [9.17, 15) is 51.5 Å². The van der Waals surface area contributed by atoms with Crippen molar-refractivity contribution in [1.29, 1.82) is 0 Å². The average Bonchev–Trinajstić information content (AvgIpc) is 1.63. The minimum Gasteiger partial charge on any atom is -0.383 e. The number of benzene rings is 4. The summed E-state index contributed by atoms with van der Waals surface area (Å²) < 4.78 is 47.3. The van der Waals surface area contributed by atoms with Gasteiger partial charge in [0.1, 0.15) is 35.8 Å². The van der Waals surface area contributed by atoms with Crippen LogP contribution in [-0.2, 0) is 43.0 Å². The first-order chi connectivity index (χ1) is 63.7. The maximum atomic E-state index is 13.1. The number of methoxy groups -OCH3 is 2. The zero-order valence-corrected chi connectivity index (χ0v) is 79.6. The van der Waals surface area contributed by atoms with Gasteiger partial charge in [-0.15, -0.1) is 0 Å². The summed E-state index contributed by atoms with van der Waals surface area (Å²) in [5.74, 6) is 3.27. The van der Waals surface area contributed by atoms with Crippen molar-refractivity contribution >= 4 is 157 Å². The summed E-state index contributed by atoms with van der Waals surface area (Å²) in [6.45, 7) is 20.7. The van der Waals surface area contributed by atoms with E-state index in [4.69, 9.17) is 29.4 Å². The molecular formula is C97H127F3N24O10. The van der Waals surface area contributed by atoms with E-state index in [2.05, 4.69) is 76.8 Å². The molecule has 8 heterocycles. The monoisotopic (exact) mass is 1850 g/mol. The van der Waals surface area contributed by atoms with Gasteiger partial charge in [-0.25, -0.2) is 19.9 Å². The molecule has 37 heteroatoms. The summed E-state index contributed by atoms with van der Waals surface area (Å²) in [5, 5.41) is 20.7. The molecule has 4 saturated carbocycles. The Hall–Kier alpha value is -12.9. The van der Waals surface area contributed by atoms with Crippen LogP contribution in [0, 0.1) is 21.7 Å². The van der Waals surface area contributed by atoms with Crippen LogP contribution in [0.15, 0.2) is 122 Å². The number of hydrogen-bond acceptors (Lipinski definition) is 26. The first-order valence-corrected chi connectivity index (χ1v) is 46.0. The third-order valence-electron chi connectivity index (χ3n) is 25.8. The molecule has 4 aromatic carbocycles. The van der Waals surface area contributed by atoms with Gasteiger partial charge in [-0.1, -0.05) is 75.6 Å². The van der Waals surface area contributed by atoms with E-state index in [1.807, 2.05) is 110 Å². The molecule has 0 radical (unpaired) electrons. The van der Waals surface area contributed by atoms with Gasteiger partial charge in [0.2, 0.25) is 65.1 Å². The van der Waals surface area contributed by atoms with Crippen molar-refractivity contribution in [2.24, 2.45) is 21.7 Å². The van der Waals surface area contributed by atoms with E-state index in [1.165, 1.54) is 64.7 Å². The van der Waals surface area contributed by atoms with E-state index in [0.29, 0.717) is 109 Å². The van der Waals surface area contributed by atoms with Gasteiger partial charge < -0.3 is 90.8 Å². The number of ether oxygens (including phenoxy) is 2. The van der Waals surface area contributed by atoms with Crippen LogP contribution in [0.4, 0.5) is 123 Å². The molecule has 34 nitrogen and oxygen atoms in total. The number of halogens is 3. The molecule has 0 saturated heterocycles. The molecule has 0 atom stereocenters. The van der Waals surface area contributed by atoms with Gasteiger partial charge in [0, 0.05) is 159 Å². The number of carbonyl (C=O) groups excluding carboxylic acids is 8. The highest BCUT2D eigenvalue weighted by Crippen LogP contribution is 2.47. The Morgan fingerprint density at radius 1 is 0.425 bits per heavy atom. The molecule has 7 N–H and O–H groups in total. The lowest BCUT2D eigenvalue weighted by Gasteiger charge is -2.34. The van der Waals surface area contributed by atoms with Crippen LogP contribution in [0.2, 0.25) is 0 Å². The lowest BCUT2D eigenvalue weighted by Crippen LogP contribution is -2.45. The fourth-order valence-corrected chi connectivity index (χ4v) is 18.8. The number of hydrogen-bond donors (Lipinski definition) is 7. The van der Waals surface area contributed by atoms with Gasteiger partial charge in [0.15, 0.2) is 23.3 Å². The van der Waals surface area contributed by atoms with Crippen LogP contribution >= 0.6 is 0 Å². The van der Waals surface area contributed by atoms with Crippen LogP contribution in [0.5, 0.6) is 0 Å². The number of rotatable bonds is 22. The fourth-order valence-electron chi connectivity index (χ4n) is 18.8. The number of aromatic nitrogens is 8. The number of amides is 8.